The van der Waals surface area contributed by atoms with Crippen LogP contribution in [0.3, 0.4) is 0 Å². The van der Waals surface area contributed by atoms with E-state index in [0.29, 0.717) is 42.1 Å². The fourth-order valence-electron chi connectivity index (χ4n) is 4.89. The first-order chi connectivity index (χ1) is 16.0. The van der Waals surface area contributed by atoms with E-state index >= 15 is 0 Å². The van der Waals surface area contributed by atoms with Crippen LogP contribution < -0.4 is 15.9 Å². The molecule has 0 aliphatic carbocycles. The van der Waals surface area contributed by atoms with Crippen LogP contribution in [0.1, 0.15) is 41.6 Å². The number of likely N-dealkylation sites (tertiary alicyclic amines) is 1. The average Bonchev–Trinajstić information content (AvgIpc) is 3.27. The minimum absolute atomic E-state index is 0.0638. The van der Waals surface area contributed by atoms with Crippen molar-refractivity contribution in [3.8, 4) is 5.75 Å². The van der Waals surface area contributed by atoms with Gasteiger partial charge in [-0.1, -0.05) is 0 Å². The number of fused-ring (bicyclic) bond motifs is 2. The average molecular weight is 447 g/mol. The third-order valence-electron chi connectivity index (χ3n) is 6.68. The summed E-state index contributed by atoms with van der Waals surface area (Å²) in [6.45, 7) is 3.51. The number of nitrogens with zero attached hydrogens (tertiary/aromatic N) is 2. The summed E-state index contributed by atoms with van der Waals surface area (Å²) in [4.78, 5) is 45.0. The Labute approximate surface area is 189 Å². The van der Waals surface area contributed by atoms with Crippen LogP contribution in [0.5, 0.6) is 5.75 Å². The molecule has 0 bridgehead atoms. The molecule has 33 heavy (non-hydrogen) atoms. The fraction of sp³-hybridized carbons (Fsp3) is 0.320. The first-order valence-corrected chi connectivity index (χ1v) is 11.2. The first kappa shape index (κ1) is 21.1. The molecule has 1 fully saturated rings. The number of benzene rings is 2. The highest BCUT2D eigenvalue weighted by molar-refractivity contribution is 5.97. The van der Waals surface area contributed by atoms with Gasteiger partial charge in [0.25, 0.3) is 5.91 Å². The van der Waals surface area contributed by atoms with E-state index in [9.17, 15) is 14.4 Å². The molecule has 0 saturated carbocycles. The van der Waals surface area contributed by atoms with Crippen LogP contribution in [0.4, 0.5) is 0 Å². The fourth-order valence-corrected chi connectivity index (χ4v) is 4.89. The number of carbonyl (C=O) groups excluding carboxylic acids is 1. The van der Waals surface area contributed by atoms with Gasteiger partial charge in [0.15, 0.2) is 0 Å². The summed E-state index contributed by atoms with van der Waals surface area (Å²) in [5.41, 5.74) is 2.71. The zero-order valence-corrected chi connectivity index (χ0v) is 18.7. The van der Waals surface area contributed by atoms with Crippen molar-refractivity contribution >= 4 is 27.8 Å². The summed E-state index contributed by atoms with van der Waals surface area (Å²) in [5, 5.41) is 1.17. The van der Waals surface area contributed by atoms with Crippen LogP contribution >= 0.6 is 0 Å². The Kier molecular flexibility index (Phi) is 5.28. The maximum atomic E-state index is 13.2. The monoisotopic (exact) mass is 446 g/mol. The smallest absolute Gasteiger partial charge is 0.316 e. The van der Waals surface area contributed by atoms with E-state index in [-0.39, 0.29) is 5.91 Å². The van der Waals surface area contributed by atoms with Crippen LogP contribution in [0.2, 0.25) is 0 Å². The maximum Gasteiger partial charge on any atom is 0.316 e. The molecule has 2 aromatic carbocycles. The molecule has 1 saturated heterocycles. The number of aromatic nitrogens is 3. The number of carbonyl (C=O) groups is 1. The number of aryl methyl sites for hydroxylation is 1. The van der Waals surface area contributed by atoms with Gasteiger partial charge < -0.3 is 24.2 Å². The Morgan fingerprint density at radius 1 is 1.09 bits per heavy atom. The van der Waals surface area contributed by atoms with Crippen molar-refractivity contribution in [3.63, 3.8) is 0 Å². The maximum absolute atomic E-state index is 13.2. The molecule has 0 spiro atoms. The Hall–Kier alpha value is -3.81. The molecule has 1 aliphatic rings. The van der Waals surface area contributed by atoms with Gasteiger partial charge in [-0.25, -0.2) is 0 Å². The van der Waals surface area contributed by atoms with Crippen LogP contribution in [0, 0.1) is 0 Å². The quantitative estimate of drug-likeness (QED) is 0.470. The lowest BCUT2D eigenvalue weighted by atomic mass is 9.89. The highest BCUT2D eigenvalue weighted by Gasteiger charge is 2.26. The molecule has 170 valence electrons. The standard InChI is InChI=1S/C25H26N4O4/c1-3-29-22-7-4-16(12-21(22)27-23(30)25(29)32)24(31)28-10-8-15(9-11-28)19-14-26-20-6-5-17(33-2)13-18(19)20/h4-7,12-15,26H,3,8-11H2,1-2H3,(H,27,30). The van der Waals surface area contributed by atoms with Crippen LogP contribution in [-0.2, 0) is 6.54 Å². The number of hydrogen-bond donors (Lipinski definition) is 2. The van der Waals surface area contributed by atoms with Gasteiger partial charge >= 0.3 is 11.1 Å². The van der Waals surface area contributed by atoms with E-state index in [0.717, 1.165) is 24.1 Å². The second-order valence-electron chi connectivity index (χ2n) is 8.46. The van der Waals surface area contributed by atoms with E-state index in [4.69, 9.17) is 4.74 Å². The SMILES string of the molecule is CCn1c(=O)c(=O)[nH]c2cc(C(=O)N3CCC(c4c[nH]c5ccc(OC)cc45)CC3)ccc21. The van der Waals surface area contributed by atoms with E-state index < -0.39 is 11.1 Å². The predicted octanol–water partition coefficient (Wildman–Crippen LogP) is 3.22. The van der Waals surface area contributed by atoms with Gasteiger partial charge in [0, 0.05) is 42.3 Å². The van der Waals surface area contributed by atoms with Gasteiger partial charge in [0.2, 0.25) is 0 Å². The normalized spacial score (nSPS) is 14.8. The number of amides is 1. The lowest BCUT2D eigenvalue weighted by Crippen LogP contribution is -2.38. The lowest BCUT2D eigenvalue weighted by molar-refractivity contribution is 0.0713. The molecule has 1 amide bonds. The summed E-state index contributed by atoms with van der Waals surface area (Å²) in [7, 11) is 1.67. The zero-order valence-electron chi connectivity index (χ0n) is 18.7. The summed E-state index contributed by atoms with van der Waals surface area (Å²) >= 11 is 0. The summed E-state index contributed by atoms with van der Waals surface area (Å²) in [6.07, 6.45) is 3.81. The Balaban J connectivity index is 1.36. The summed E-state index contributed by atoms with van der Waals surface area (Å²) in [6, 6.07) is 11.2. The molecule has 2 aromatic heterocycles. The van der Waals surface area contributed by atoms with Crippen molar-refractivity contribution in [1.82, 2.24) is 19.4 Å². The number of rotatable bonds is 4. The molecule has 0 unspecified atom stereocenters. The van der Waals surface area contributed by atoms with Crippen molar-refractivity contribution in [2.24, 2.45) is 0 Å². The minimum atomic E-state index is -0.676. The Morgan fingerprint density at radius 2 is 1.88 bits per heavy atom. The molecular weight excluding hydrogens is 420 g/mol. The number of methoxy groups -OCH3 is 1. The van der Waals surface area contributed by atoms with E-state index in [1.54, 1.807) is 25.3 Å². The third kappa shape index (κ3) is 3.61. The third-order valence-corrected chi connectivity index (χ3v) is 6.68. The second-order valence-corrected chi connectivity index (χ2v) is 8.46. The first-order valence-electron chi connectivity index (χ1n) is 11.2. The van der Waals surface area contributed by atoms with Crippen LogP contribution in [0.15, 0.2) is 52.2 Å². The molecule has 4 aromatic rings. The van der Waals surface area contributed by atoms with Crippen LogP contribution in [0.25, 0.3) is 21.9 Å². The summed E-state index contributed by atoms with van der Waals surface area (Å²) < 4.78 is 6.80. The van der Waals surface area contributed by atoms with Gasteiger partial charge in [-0.15, -0.1) is 0 Å². The molecule has 8 nitrogen and oxygen atoms in total. The number of hydrogen-bond acceptors (Lipinski definition) is 4. The van der Waals surface area contributed by atoms with Crippen molar-refractivity contribution in [2.75, 3.05) is 20.2 Å². The zero-order chi connectivity index (χ0) is 23.1. The highest BCUT2D eigenvalue weighted by Crippen LogP contribution is 2.35. The van der Waals surface area contributed by atoms with Gasteiger partial charge in [-0.05, 0) is 67.6 Å². The molecule has 2 N–H and O–H groups in total. The molecular formula is C25H26N4O4. The van der Waals surface area contributed by atoms with Gasteiger partial charge in [-0.2, -0.15) is 0 Å². The Morgan fingerprint density at radius 3 is 2.61 bits per heavy atom. The highest BCUT2D eigenvalue weighted by atomic mass is 16.5. The number of H-pyrrole nitrogens is 2. The molecule has 3 heterocycles. The Bertz CT molecular complexity index is 1470. The second kappa shape index (κ2) is 8.27. The van der Waals surface area contributed by atoms with Crippen molar-refractivity contribution in [3.05, 3.63) is 74.4 Å². The van der Waals surface area contributed by atoms with Gasteiger partial charge in [0.1, 0.15) is 5.75 Å². The number of piperidine rings is 1. The lowest BCUT2D eigenvalue weighted by Gasteiger charge is -2.32. The van der Waals surface area contributed by atoms with Crippen molar-refractivity contribution < 1.29 is 9.53 Å². The molecule has 8 heteroatoms. The van der Waals surface area contributed by atoms with E-state index in [2.05, 4.69) is 22.2 Å². The van der Waals surface area contributed by atoms with Gasteiger partial charge in [-0.3, -0.25) is 14.4 Å². The number of ether oxygens (including phenoxy) is 1. The molecule has 5 rings (SSSR count). The molecule has 0 atom stereocenters. The van der Waals surface area contributed by atoms with E-state index in [1.165, 1.54) is 15.5 Å². The van der Waals surface area contributed by atoms with Crippen molar-refractivity contribution in [2.45, 2.75) is 32.2 Å². The molecule has 1 aliphatic heterocycles. The van der Waals surface area contributed by atoms with Crippen molar-refractivity contribution in [1.29, 1.82) is 0 Å². The number of nitrogens with one attached hydrogen (secondary N) is 2. The summed E-state index contributed by atoms with van der Waals surface area (Å²) in [5.74, 6) is 1.13. The number of aromatic amines is 2. The molecule has 0 radical (unpaired) electrons. The largest absolute Gasteiger partial charge is 0.497 e. The topological polar surface area (TPSA) is 100 Å². The van der Waals surface area contributed by atoms with Gasteiger partial charge in [0.05, 0.1) is 18.1 Å². The van der Waals surface area contributed by atoms with E-state index in [1.807, 2.05) is 24.0 Å². The van der Waals surface area contributed by atoms with Crippen LogP contribution in [-0.4, -0.2) is 45.5 Å². The predicted molar refractivity (Wildman–Crippen MR) is 127 cm³/mol. The minimum Gasteiger partial charge on any atom is -0.497 e.